The summed E-state index contributed by atoms with van der Waals surface area (Å²) in [7, 11) is 0. The molecule has 0 radical (unpaired) electrons. The second-order valence-electron chi connectivity index (χ2n) is 9.70. The van der Waals surface area contributed by atoms with Gasteiger partial charge in [0.2, 0.25) is 0 Å². The fourth-order valence-corrected chi connectivity index (χ4v) is 5.45. The topological polar surface area (TPSA) is 92.8 Å². The molecule has 0 saturated carbocycles. The van der Waals surface area contributed by atoms with Gasteiger partial charge in [-0.15, -0.1) is 6.58 Å². The van der Waals surface area contributed by atoms with Crippen LogP contribution < -0.4 is 0 Å². The van der Waals surface area contributed by atoms with Crippen molar-refractivity contribution in [3.8, 4) is 0 Å². The van der Waals surface area contributed by atoms with E-state index >= 15 is 0 Å². The maximum Gasteiger partial charge on any atom is 0.168 e. The highest BCUT2D eigenvalue weighted by Crippen LogP contribution is 2.36. The number of allylic oxidation sites excluding steroid dienone is 2. The smallest absolute Gasteiger partial charge is 0.168 e. The second-order valence-corrected chi connectivity index (χ2v) is 9.70. The van der Waals surface area contributed by atoms with Crippen LogP contribution in [0.5, 0.6) is 0 Å². The summed E-state index contributed by atoms with van der Waals surface area (Å²) in [4.78, 5) is 30.9. The molecule has 0 fully saturated rings. The highest BCUT2D eigenvalue weighted by atomic mass is 16.5. The third-order valence-electron chi connectivity index (χ3n) is 7.26. The van der Waals surface area contributed by atoms with Crippen molar-refractivity contribution in [3.63, 3.8) is 0 Å². The maximum absolute atomic E-state index is 13.2. The van der Waals surface area contributed by atoms with Crippen LogP contribution in [0.2, 0.25) is 0 Å². The van der Waals surface area contributed by atoms with E-state index in [4.69, 9.17) is 4.52 Å². The number of carbonyl (C=O) groups is 2. The van der Waals surface area contributed by atoms with Gasteiger partial charge in [-0.2, -0.15) is 0 Å². The molecule has 2 aliphatic rings. The van der Waals surface area contributed by atoms with Gasteiger partial charge >= 0.3 is 0 Å². The van der Waals surface area contributed by atoms with Crippen molar-refractivity contribution in [2.24, 2.45) is 4.99 Å². The molecule has 0 amide bonds. The van der Waals surface area contributed by atoms with Crippen LogP contribution in [0.4, 0.5) is 0 Å². The number of benzene rings is 2. The number of rotatable bonds is 8. The number of aliphatic imine (C=N–C) groups is 1. The van der Waals surface area contributed by atoms with Crippen LogP contribution >= 0.6 is 0 Å². The van der Waals surface area contributed by atoms with Gasteiger partial charge in [-0.3, -0.25) is 14.6 Å². The zero-order valence-electron chi connectivity index (χ0n) is 20.7. The van der Waals surface area contributed by atoms with Crippen molar-refractivity contribution in [1.82, 2.24) is 5.16 Å². The number of nitrogens with zero attached hydrogens (tertiary/aromatic N) is 2. The summed E-state index contributed by atoms with van der Waals surface area (Å²) in [5.41, 5.74) is 4.12. The number of carbonyl (C=O) groups excluding carboxylic acids is 2. The third kappa shape index (κ3) is 5.24. The molecule has 0 aliphatic heterocycles. The number of aryl methyl sites for hydroxylation is 1. The van der Waals surface area contributed by atoms with Crippen LogP contribution in [0.15, 0.2) is 94.2 Å². The van der Waals surface area contributed by atoms with E-state index in [1.54, 1.807) is 6.08 Å². The Morgan fingerprint density at radius 3 is 2.19 bits per heavy atom. The summed E-state index contributed by atoms with van der Waals surface area (Å²) in [6.45, 7) is 4.06. The highest BCUT2D eigenvalue weighted by molar-refractivity contribution is 6.23. The largest absolute Gasteiger partial charge is 0.511 e. The SMILES string of the molecule is C=CCN=C(CCc1noc2c1C(=O)CC(c1ccccc1)C2)C1=C(O)CC(c2ccccc2)CC1=O. The van der Waals surface area contributed by atoms with Crippen LogP contribution in [0.3, 0.4) is 0 Å². The third-order valence-corrected chi connectivity index (χ3v) is 7.26. The maximum atomic E-state index is 13.2. The molecule has 3 aromatic rings. The first-order valence-corrected chi connectivity index (χ1v) is 12.8. The van der Waals surface area contributed by atoms with Crippen molar-refractivity contribution in [2.45, 2.75) is 50.4 Å². The Balaban J connectivity index is 1.35. The predicted molar refractivity (Wildman–Crippen MR) is 142 cm³/mol. The number of hydrogen-bond acceptors (Lipinski definition) is 6. The Hall–Kier alpha value is -4.06. The van der Waals surface area contributed by atoms with Gasteiger partial charge < -0.3 is 9.63 Å². The first-order chi connectivity index (χ1) is 18.0. The summed E-state index contributed by atoms with van der Waals surface area (Å²) in [5, 5.41) is 15.2. The molecule has 188 valence electrons. The minimum Gasteiger partial charge on any atom is -0.511 e. The second kappa shape index (κ2) is 10.9. The van der Waals surface area contributed by atoms with Gasteiger partial charge in [0.25, 0.3) is 0 Å². The average Bonchev–Trinajstić information content (AvgIpc) is 3.34. The van der Waals surface area contributed by atoms with E-state index in [2.05, 4.69) is 16.7 Å². The molecule has 2 aromatic carbocycles. The van der Waals surface area contributed by atoms with E-state index in [1.807, 2.05) is 60.7 Å². The Bertz CT molecular complexity index is 1370. The number of hydrogen-bond donors (Lipinski definition) is 1. The lowest BCUT2D eigenvalue weighted by Gasteiger charge is -2.24. The number of aromatic nitrogens is 1. The van der Waals surface area contributed by atoms with E-state index in [0.29, 0.717) is 73.4 Å². The van der Waals surface area contributed by atoms with Crippen molar-refractivity contribution in [2.75, 3.05) is 6.54 Å². The van der Waals surface area contributed by atoms with Gasteiger partial charge in [0.15, 0.2) is 11.6 Å². The van der Waals surface area contributed by atoms with Crippen LogP contribution in [0.1, 0.15) is 70.5 Å². The molecule has 2 aliphatic carbocycles. The first-order valence-electron chi connectivity index (χ1n) is 12.8. The van der Waals surface area contributed by atoms with Gasteiger partial charge in [-0.25, -0.2) is 0 Å². The van der Waals surface area contributed by atoms with Crippen LogP contribution in [0.25, 0.3) is 0 Å². The molecule has 2 unspecified atom stereocenters. The molecule has 0 spiro atoms. The zero-order chi connectivity index (χ0) is 25.8. The summed E-state index contributed by atoms with van der Waals surface area (Å²) in [5.74, 6) is 0.604. The number of fused-ring (bicyclic) bond motifs is 1. The monoisotopic (exact) mass is 494 g/mol. The van der Waals surface area contributed by atoms with E-state index < -0.39 is 0 Å². The predicted octanol–water partition coefficient (Wildman–Crippen LogP) is 6.11. The lowest BCUT2D eigenvalue weighted by Crippen LogP contribution is -2.24. The normalized spacial score (nSPS) is 20.2. The van der Waals surface area contributed by atoms with E-state index in [0.717, 1.165) is 11.1 Å². The van der Waals surface area contributed by atoms with Gasteiger partial charge in [-0.1, -0.05) is 71.9 Å². The quantitative estimate of drug-likeness (QED) is 0.301. The minimum absolute atomic E-state index is 0.0254. The number of Topliss-reactive ketones (excluding diaryl/α,β-unsaturated/α-hetero) is 2. The van der Waals surface area contributed by atoms with E-state index in [-0.39, 0.29) is 29.2 Å². The summed E-state index contributed by atoms with van der Waals surface area (Å²) in [6.07, 6.45) is 4.15. The molecule has 2 atom stereocenters. The first kappa shape index (κ1) is 24.6. The number of aliphatic hydroxyl groups is 1. The van der Waals surface area contributed by atoms with Gasteiger partial charge in [-0.05, 0) is 35.8 Å². The minimum atomic E-state index is -0.121. The highest BCUT2D eigenvalue weighted by Gasteiger charge is 2.34. The molecule has 0 bridgehead atoms. The van der Waals surface area contributed by atoms with E-state index in [1.165, 1.54) is 0 Å². The Morgan fingerprint density at radius 1 is 0.946 bits per heavy atom. The molecule has 1 N–H and O–H groups in total. The fraction of sp³-hybridized carbons (Fsp3) is 0.290. The average molecular weight is 495 g/mol. The Morgan fingerprint density at radius 2 is 1.57 bits per heavy atom. The number of aliphatic hydroxyl groups excluding tert-OH is 1. The summed E-state index contributed by atoms with van der Waals surface area (Å²) in [6, 6.07) is 19.8. The molecule has 1 aromatic heterocycles. The molecule has 6 nitrogen and oxygen atoms in total. The van der Waals surface area contributed by atoms with Crippen molar-refractivity contribution >= 4 is 17.3 Å². The van der Waals surface area contributed by atoms with Gasteiger partial charge in [0, 0.05) is 31.4 Å². The standard InChI is InChI=1S/C31H30N2O4/c1-2-15-32-24(30-26(34)16-22(17-27(30)35)20-9-5-3-6-10-20)13-14-25-31-28(36)18-23(19-29(31)37-33-25)21-11-7-4-8-12-21/h2-12,22-23,34H,1,13-19H2. The summed E-state index contributed by atoms with van der Waals surface area (Å²) >= 11 is 0. The summed E-state index contributed by atoms with van der Waals surface area (Å²) < 4.78 is 5.62. The van der Waals surface area contributed by atoms with Crippen LogP contribution in [-0.2, 0) is 17.6 Å². The van der Waals surface area contributed by atoms with Gasteiger partial charge in [0.05, 0.1) is 23.4 Å². The van der Waals surface area contributed by atoms with Crippen LogP contribution in [-0.4, -0.2) is 34.1 Å². The van der Waals surface area contributed by atoms with E-state index in [9.17, 15) is 14.7 Å². The lowest BCUT2D eigenvalue weighted by molar-refractivity contribution is -0.116. The van der Waals surface area contributed by atoms with Gasteiger partial charge in [0.1, 0.15) is 11.5 Å². The Kier molecular flexibility index (Phi) is 7.26. The number of ketones is 2. The Labute approximate surface area is 216 Å². The van der Waals surface area contributed by atoms with Crippen LogP contribution in [0, 0.1) is 0 Å². The molecular formula is C31H30N2O4. The zero-order valence-corrected chi connectivity index (χ0v) is 20.7. The lowest BCUT2D eigenvalue weighted by atomic mass is 9.80. The molecule has 5 rings (SSSR count). The fourth-order valence-electron chi connectivity index (χ4n) is 5.45. The molecule has 6 heteroatoms. The molecular weight excluding hydrogens is 464 g/mol. The molecule has 0 saturated heterocycles. The van der Waals surface area contributed by atoms with Crippen molar-refractivity contribution < 1.29 is 19.2 Å². The van der Waals surface area contributed by atoms with Crippen molar-refractivity contribution in [1.29, 1.82) is 0 Å². The molecule has 1 heterocycles. The molecule has 37 heavy (non-hydrogen) atoms. The van der Waals surface area contributed by atoms with Crippen molar-refractivity contribution in [3.05, 3.63) is 113 Å².